The van der Waals surface area contributed by atoms with Crippen LogP contribution >= 0.6 is 11.6 Å². The molecular weight excluding hydrogens is 224 g/mol. The first-order valence-electron chi connectivity index (χ1n) is 5.39. The van der Waals surface area contributed by atoms with Crippen LogP contribution in [0, 0.1) is 6.92 Å². The molecule has 0 spiro atoms. The summed E-state index contributed by atoms with van der Waals surface area (Å²) in [5, 5.41) is 0.549. The number of carbonyl (C=O) groups is 1. The van der Waals surface area contributed by atoms with E-state index in [4.69, 9.17) is 17.3 Å². The summed E-state index contributed by atoms with van der Waals surface area (Å²) < 4.78 is 0. The molecule has 1 saturated heterocycles. The van der Waals surface area contributed by atoms with Gasteiger partial charge in [0.2, 0.25) is 0 Å². The fourth-order valence-electron chi connectivity index (χ4n) is 1.95. The summed E-state index contributed by atoms with van der Waals surface area (Å²) in [5.41, 5.74) is 7.29. The normalized spacial score (nSPS) is 20.2. The lowest BCUT2D eigenvalue weighted by molar-refractivity contribution is 0.0791. The largest absolute Gasteiger partial charge is 0.337 e. The van der Waals surface area contributed by atoms with Crippen molar-refractivity contribution in [2.24, 2.45) is 5.73 Å². The summed E-state index contributed by atoms with van der Waals surface area (Å²) in [5.74, 6) is -0.0124. The van der Waals surface area contributed by atoms with E-state index in [-0.39, 0.29) is 11.9 Å². The molecule has 1 fully saturated rings. The number of carbonyl (C=O) groups excluding carboxylic acids is 1. The molecule has 0 radical (unpaired) electrons. The number of benzene rings is 1. The van der Waals surface area contributed by atoms with Crippen molar-refractivity contribution in [2.45, 2.75) is 19.4 Å². The van der Waals surface area contributed by atoms with Gasteiger partial charge in [-0.3, -0.25) is 4.79 Å². The van der Waals surface area contributed by atoms with E-state index in [0.29, 0.717) is 17.1 Å². The quantitative estimate of drug-likeness (QED) is 0.811. The summed E-state index contributed by atoms with van der Waals surface area (Å²) in [6.07, 6.45) is 0.870. The maximum atomic E-state index is 12.2. The number of halogens is 1. The third-order valence-electron chi connectivity index (χ3n) is 2.93. The van der Waals surface area contributed by atoms with Crippen molar-refractivity contribution in [1.29, 1.82) is 0 Å². The number of aryl methyl sites for hydroxylation is 1. The van der Waals surface area contributed by atoms with Gasteiger partial charge in [-0.2, -0.15) is 0 Å². The molecule has 2 N–H and O–H groups in total. The zero-order chi connectivity index (χ0) is 11.7. The molecule has 86 valence electrons. The van der Waals surface area contributed by atoms with Crippen LogP contribution in [0.2, 0.25) is 5.02 Å². The molecule has 1 heterocycles. The zero-order valence-electron chi connectivity index (χ0n) is 9.24. The van der Waals surface area contributed by atoms with Crippen molar-refractivity contribution < 1.29 is 4.79 Å². The second kappa shape index (κ2) is 4.44. The van der Waals surface area contributed by atoms with Crippen molar-refractivity contribution in [3.63, 3.8) is 0 Å². The minimum absolute atomic E-state index is 0.0124. The van der Waals surface area contributed by atoms with Crippen LogP contribution in [0.4, 0.5) is 0 Å². The Hall–Kier alpha value is -1.06. The Labute approximate surface area is 100 Å². The molecule has 0 unspecified atom stereocenters. The van der Waals surface area contributed by atoms with Gasteiger partial charge in [0.15, 0.2) is 0 Å². The number of rotatable bonds is 1. The van der Waals surface area contributed by atoms with Gasteiger partial charge in [0.1, 0.15) is 0 Å². The smallest absolute Gasteiger partial charge is 0.255 e. The second-order valence-corrected chi connectivity index (χ2v) is 4.61. The third-order valence-corrected chi connectivity index (χ3v) is 3.44. The summed E-state index contributed by atoms with van der Waals surface area (Å²) in [6, 6.07) is 5.62. The fourth-order valence-corrected chi connectivity index (χ4v) is 2.16. The van der Waals surface area contributed by atoms with Gasteiger partial charge in [0.25, 0.3) is 5.91 Å². The monoisotopic (exact) mass is 238 g/mol. The van der Waals surface area contributed by atoms with Crippen molar-refractivity contribution >= 4 is 17.5 Å². The summed E-state index contributed by atoms with van der Waals surface area (Å²) >= 11 is 6.12. The predicted octanol–water partition coefficient (Wildman–Crippen LogP) is 1.82. The molecular formula is C12H15ClN2O. The van der Waals surface area contributed by atoms with Crippen molar-refractivity contribution in [2.75, 3.05) is 13.1 Å². The first kappa shape index (κ1) is 11.4. The average Bonchev–Trinajstić information content (AvgIpc) is 2.68. The van der Waals surface area contributed by atoms with Crippen molar-refractivity contribution in [3.05, 3.63) is 34.3 Å². The van der Waals surface area contributed by atoms with Crippen LogP contribution in [0.15, 0.2) is 18.2 Å². The second-order valence-electron chi connectivity index (χ2n) is 4.24. The SMILES string of the molecule is Cc1cccc(C(=O)N2CC[C@@H](N)C2)c1Cl. The maximum Gasteiger partial charge on any atom is 0.255 e. The lowest BCUT2D eigenvalue weighted by Crippen LogP contribution is -2.32. The van der Waals surface area contributed by atoms with E-state index >= 15 is 0 Å². The molecule has 0 aromatic heterocycles. The lowest BCUT2D eigenvalue weighted by Gasteiger charge is -2.17. The molecule has 0 saturated carbocycles. The average molecular weight is 239 g/mol. The van der Waals surface area contributed by atoms with Gasteiger partial charge < -0.3 is 10.6 Å². The Bertz CT molecular complexity index is 419. The maximum absolute atomic E-state index is 12.2. The van der Waals surface area contributed by atoms with Crippen LogP contribution in [0.3, 0.4) is 0 Å². The molecule has 1 aliphatic heterocycles. The van der Waals surface area contributed by atoms with Gasteiger partial charge in [-0.25, -0.2) is 0 Å². The topological polar surface area (TPSA) is 46.3 Å². The van der Waals surface area contributed by atoms with E-state index in [1.165, 1.54) is 0 Å². The first-order chi connectivity index (χ1) is 7.59. The predicted molar refractivity (Wildman–Crippen MR) is 64.7 cm³/mol. The Kier molecular flexibility index (Phi) is 3.17. The standard InChI is InChI=1S/C12H15ClN2O/c1-8-3-2-4-10(11(8)13)12(16)15-6-5-9(14)7-15/h2-4,9H,5-7,14H2,1H3/t9-/m1/s1. The van der Waals surface area contributed by atoms with Crippen LogP contribution in [0.5, 0.6) is 0 Å². The first-order valence-corrected chi connectivity index (χ1v) is 5.77. The van der Waals surface area contributed by atoms with Gasteiger partial charge in [-0.05, 0) is 25.0 Å². The number of amides is 1. The molecule has 1 atom stereocenters. The van der Waals surface area contributed by atoms with E-state index in [1.807, 2.05) is 19.1 Å². The molecule has 2 rings (SSSR count). The highest BCUT2D eigenvalue weighted by molar-refractivity contribution is 6.34. The number of hydrogen-bond donors (Lipinski definition) is 1. The number of hydrogen-bond acceptors (Lipinski definition) is 2. The van der Waals surface area contributed by atoms with Crippen LogP contribution < -0.4 is 5.73 Å². The number of nitrogens with zero attached hydrogens (tertiary/aromatic N) is 1. The van der Waals surface area contributed by atoms with Gasteiger partial charge in [0.05, 0.1) is 10.6 Å². The van der Waals surface area contributed by atoms with Crippen LogP contribution in [0.1, 0.15) is 22.3 Å². The lowest BCUT2D eigenvalue weighted by atomic mass is 10.1. The molecule has 1 aromatic carbocycles. The molecule has 3 nitrogen and oxygen atoms in total. The van der Waals surface area contributed by atoms with Gasteiger partial charge in [0, 0.05) is 19.1 Å². The minimum atomic E-state index is -0.0124. The molecule has 0 aliphatic carbocycles. The summed E-state index contributed by atoms with van der Waals surface area (Å²) in [4.78, 5) is 13.9. The zero-order valence-corrected chi connectivity index (χ0v) is 10.00. The van der Waals surface area contributed by atoms with E-state index in [0.717, 1.165) is 18.5 Å². The minimum Gasteiger partial charge on any atom is -0.337 e. The van der Waals surface area contributed by atoms with Crippen molar-refractivity contribution in [1.82, 2.24) is 4.90 Å². The van der Waals surface area contributed by atoms with Gasteiger partial charge >= 0.3 is 0 Å². The van der Waals surface area contributed by atoms with Crippen molar-refractivity contribution in [3.8, 4) is 0 Å². The number of likely N-dealkylation sites (tertiary alicyclic amines) is 1. The Morgan fingerprint density at radius 2 is 2.31 bits per heavy atom. The number of nitrogens with two attached hydrogens (primary N) is 1. The Balaban J connectivity index is 2.24. The summed E-state index contributed by atoms with van der Waals surface area (Å²) in [7, 11) is 0. The third kappa shape index (κ3) is 2.06. The molecule has 1 aromatic rings. The molecule has 1 aliphatic rings. The van der Waals surface area contributed by atoms with E-state index < -0.39 is 0 Å². The Morgan fingerprint density at radius 1 is 1.56 bits per heavy atom. The highest BCUT2D eigenvalue weighted by Crippen LogP contribution is 2.23. The highest BCUT2D eigenvalue weighted by atomic mass is 35.5. The summed E-state index contributed by atoms with van der Waals surface area (Å²) in [6.45, 7) is 3.25. The van der Waals surface area contributed by atoms with E-state index in [1.54, 1.807) is 11.0 Å². The molecule has 4 heteroatoms. The molecule has 16 heavy (non-hydrogen) atoms. The van der Waals surface area contributed by atoms with Gasteiger partial charge in [-0.15, -0.1) is 0 Å². The van der Waals surface area contributed by atoms with E-state index in [9.17, 15) is 4.79 Å². The van der Waals surface area contributed by atoms with E-state index in [2.05, 4.69) is 0 Å². The highest BCUT2D eigenvalue weighted by Gasteiger charge is 2.25. The fraction of sp³-hybridized carbons (Fsp3) is 0.417. The van der Waals surface area contributed by atoms with Gasteiger partial charge in [-0.1, -0.05) is 23.7 Å². The molecule has 0 bridgehead atoms. The van der Waals surface area contributed by atoms with Crippen LogP contribution in [-0.4, -0.2) is 29.9 Å². The van der Waals surface area contributed by atoms with Crippen LogP contribution in [0.25, 0.3) is 0 Å². The van der Waals surface area contributed by atoms with Crippen LogP contribution in [-0.2, 0) is 0 Å². The molecule has 1 amide bonds. The Morgan fingerprint density at radius 3 is 2.94 bits per heavy atom.